The number of phenolic OH excluding ortho intramolecular Hbond substituents is 4. The third-order valence-electron chi connectivity index (χ3n) is 8.88. The molecule has 0 aliphatic heterocycles. The van der Waals surface area contributed by atoms with Gasteiger partial charge in [-0.25, -0.2) is 0 Å². The van der Waals surface area contributed by atoms with Gasteiger partial charge in [-0.05, 0) is 122 Å². The lowest BCUT2D eigenvalue weighted by atomic mass is 9.35. The van der Waals surface area contributed by atoms with Crippen LogP contribution in [0.25, 0.3) is 0 Å². The summed E-state index contributed by atoms with van der Waals surface area (Å²) < 4.78 is 0. The second kappa shape index (κ2) is 6.32. The highest BCUT2D eigenvalue weighted by Gasteiger charge is 2.66. The highest BCUT2D eigenvalue weighted by molar-refractivity contribution is 5.59. The van der Waals surface area contributed by atoms with Crippen molar-refractivity contribution in [2.45, 2.75) is 64.7 Å². The van der Waals surface area contributed by atoms with Crippen molar-refractivity contribution in [3.8, 4) is 23.0 Å². The topological polar surface area (TPSA) is 80.9 Å². The summed E-state index contributed by atoms with van der Waals surface area (Å²) in [6.45, 7) is 6.31. The fourth-order valence-corrected chi connectivity index (χ4v) is 8.13. The molecule has 0 saturated heterocycles. The largest absolute Gasteiger partial charge is 0.504 e. The van der Waals surface area contributed by atoms with Crippen molar-refractivity contribution in [2.24, 2.45) is 23.2 Å². The third-order valence-corrected chi connectivity index (χ3v) is 8.88. The molecule has 0 amide bonds. The van der Waals surface area contributed by atoms with Crippen molar-refractivity contribution in [1.82, 2.24) is 0 Å². The number of hydrogen-bond acceptors (Lipinski definition) is 4. The van der Waals surface area contributed by atoms with E-state index in [0.717, 1.165) is 66.2 Å². The van der Waals surface area contributed by atoms with E-state index in [9.17, 15) is 20.4 Å². The van der Waals surface area contributed by atoms with Crippen LogP contribution in [0.4, 0.5) is 0 Å². The summed E-state index contributed by atoms with van der Waals surface area (Å²) >= 11 is 0. The molecule has 2 aromatic carbocycles. The predicted octanol–water partition coefficient (Wildman–Crippen LogP) is 5.65. The number of hydrogen-bond donors (Lipinski definition) is 4. The van der Waals surface area contributed by atoms with Gasteiger partial charge in [0.25, 0.3) is 0 Å². The maximum absolute atomic E-state index is 10.5. The molecule has 2 unspecified atom stereocenters. The molecule has 0 aromatic heterocycles. The summed E-state index contributed by atoms with van der Waals surface area (Å²) in [4.78, 5) is 0. The van der Waals surface area contributed by atoms with Gasteiger partial charge >= 0.3 is 0 Å². The van der Waals surface area contributed by atoms with Crippen LogP contribution in [0.5, 0.6) is 23.0 Å². The lowest BCUT2D eigenvalue weighted by Gasteiger charge is -2.69. The van der Waals surface area contributed by atoms with Gasteiger partial charge in [-0.1, -0.05) is 6.92 Å². The minimum Gasteiger partial charge on any atom is -0.504 e. The lowest BCUT2D eigenvalue weighted by molar-refractivity contribution is -0.117. The third kappa shape index (κ3) is 2.34. The Morgan fingerprint density at radius 2 is 1.17 bits per heavy atom. The Morgan fingerprint density at radius 3 is 1.60 bits per heavy atom. The first-order valence-corrected chi connectivity index (χ1v) is 11.3. The molecule has 4 fully saturated rings. The Bertz CT molecular complexity index is 953. The highest BCUT2D eigenvalue weighted by atomic mass is 16.3. The summed E-state index contributed by atoms with van der Waals surface area (Å²) in [7, 11) is 0. The van der Waals surface area contributed by atoms with E-state index in [1.807, 2.05) is 13.8 Å². The number of rotatable bonds is 3. The van der Waals surface area contributed by atoms with Gasteiger partial charge in [-0.3, -0.25) is 0 Å². The van der Waals surface area contributed by atoms with Crippen molar-refractivity contribution in [3.05, 3.63) is 46.5 Å². The summed E-state index contributed by atoms with van der Waals surface area (Å²) in [6.07, 6.45) is 6.96. The second-order valence-electron chi connectivity index (χ2n) is 10.3. The van der Waals surface area contributed by atoms with Gasteiger partial charge in [-0.2, -0.15) is 0 Å². The van der Waals surface area contributed by atoms with E-state index < -0.39 is 0 Å². The molecule has 0 radical (unpaired) electrons. The maximum Gasteiger partial charge on any atom is 0.157 e. The van der Waals surface area contributed by atoms with Crippen molar-refractivity contribution < 1.29 is 20.4 Å². The van der Waals surface area contributed by atoms with Gasteiger partial charge in [0.05, 0.1) is 0 Å². The summed E-state index contributed by atoms with van der Waals surface area (Å²) in [5.41, 5.74) is 3.74. The zero-order valence-electron chi connectivity index (χ0n) is 18.1. The average molecular weight is 409 g/mol. The highest BCUT2D eigenvalue weighted by Crippen LogP contribution is 2.73. The van der Waals surface area contributed by atoms with E-state index in [-0.39, 0.29) is 33.8 Å². The van der Waals surface area contributed by atoms with Gasteiger partial charge in [-0.15, -0.1) is 0 Å². The van der Waals surface area contributed by atoms with E-state index in [2.05, 4.69) is 6.92 Å². The molecule has 4 N–H and O–H groups in total. The van der Waals surface area contributed by atoms with Crippen LogP contribution in [0, 0.1) is 37.0 Å². The molecule has 4 aliphatic rings. The molecule has 4 bridgehead atoms. The van der Waals surface area contributed by atoms with E-state index in [0.29, 0.717) is 5.92 Å². The quantitative estimate of drug-likeness (QED) is 0.495. The Morgan fingerprint density at radius 1 is 0.733 bits per heavy atom. The fourth-order valence-electron chi connectivity index (χ4n) is 8.13. The zero-order chi connectivity index (χ0) is 21.4. The zero-order valence-corrected chi connectivity index (χ0v) is 18.1. The van der Waals surface area contributed by atoms with Crippen molar-refractivity contribution >= 4 is 0 Å². The average Bonchev–Trinajstić information content (AvgIpc) is 2.68. The maximum atomic E-state index is 10.5. The SMILES string of the molecule is CCC12CC3CC(CC(C3)C1(c1cc(O)c(O)cc1C)c1cc(O)c(O)cc1C)C2. The number of phenols is 4. The molecule has 4 nitrogen and oxygen atoms in total. The first-order valence-electron chi connectivity index (χ1n) is 11.3. The molecule has 2 atom stereocenters. The summed E-state index contributed by atoms with van der Waals surface area (Å²) in [5, 5.41) is 41.4. The Balaban J connectivity index is 1.89. The molecule has 4 aliphatic carbocycles. The van der Waals surface area contributed by atoms with Crippen LogP contribution < -0.4 is 0 Å². The van der Waals surface area contributed by atoms with Gasteiger partial charge in [0, 0.05) is 5.41 Å². The summed E-state index contributed by atoms with van der Waals surface area (Å²) in [6, 6.07) is 6.90. The van der Waals surface area contributed by atoms with Crippen LogP contribution in [-0.4, -0.2) is 20.4 Å². The molecule has 160 valence electrons. The molecule has 6 rings (SSSR count). The van der Waals surface area contributed by atoms with E-state index in [1.54, 1.807) is 24.3 Å². The predicted molar refractivity (Wildman–Crippen MR) is 116 cm³/mol. The number of aryl methyl sites for hydroxylation is 2. The van der Waals surface area contributed by atoms with Gasteiger partial charge in [0.1, 0.15) is 0 Å². The standard InChI is InChI=1S/C26H32O4/c1-4-25-12-16-7-17(13-25)9-18(8-16)26(25,19-10-23(29)21(27)5-14(19)2)20-11-24(30)22(28)6-15(20)3/h5-6,10-11,16-18,27-30H,4,7-9,12-13H2,1-3H3. The van der Waals surface area contributed by atoms with Gasteiger partial charge < -0.3 is 20.4 Å². The monoisotopic (exact) mass is 408 g/mol. The van der Waals surface area contributed by atoms with Crippen molar-refractivity contribution in [3.63, 3.8) is 0 Å². The fraction of sp³-hybridized carbons (Fsp3) is 0.538. The van der Waals surface area contributed by atoms with Gasteiger partial charge in [0.15, 0.2) is 23.0 Å². The first-order chi connectivity index (χ1) is 14.2. The molecular formula is C26H32O4. The normalized spacial score (nSPS) is 31.2. The second-order valence-corrected chi connectivity index (χ2v) is 10.3. The molecule has 30 heavy (non-hydrogen) atoms. The van der Waals surface area contributed by atoms with E-state index in [1.165, 1.54) is 6.42 Å². The van der Waals surface area contributed by atoms with Crippen LogP contribution in [0.1, 0.15) is 67.7 Å². The summed E-state index contributed by atoms with van der Waals surface area (Å²) in [5.74, 6) is 1.54. The van der Waals surface area contributed by atoms with Crippen molar-refractivity contribution in [2.75, 3.05) is 0 Å². The number of benzene rings is 2. The van der Waals surface area contributed by atoms with Crippen LogP contribution >= 0.6 is 0 Å². The molecule has 0 spiro atoms. The smallest absolute Gasteiger partial charge is 0.157 e. The Hall–Kier alpha value is -2.36. The Labute approximate surface area is 178 Å². The minimum atomic E-state index is -0.361. The first kappa shape index (κ1) is 19.6. The molecule has 2 aromatic rings. The molecular weight excluding hydrogens is 376 g/mol. The van der Waals surface area contributed by atoms with Crippen molar-refractivity contribution in [1.29, 1.82) is 0 Å². The Kier molecular flexibility index (Phi) is 4.13. The van der Waals surface area contributed by atoms with Gasteiger partial charge in [0.2, 0.25) is 0 Å². The van der Waals surface area contributed by atoms with E-state index in [4.69, 9.17) is 0 Å². The minimum absolute atomic E-state index is 0.0318. The molecule has 4 saturated carbocycles. The lowest BCUT2D eigenvalue weighted by Crippen LogP contribution is -2.63. The van der Waals surface area contributed by atoms with Crippen LogP contribution in [0.15, 0.2) is 24.3 Å². The van der Waals surface area contributed by atoms with Crippen LogP contribution in [-0.2, 0) is 5.41 Å². The van der Waals surface area contributed by atoms with Crippen LogP contribution in [0.3, 0.4) is 0 Å². The molecule has 4 heteroatoms. The molecule has 0 heterocycles. The number of aromatic hydroxyl groups is 4. The van der Waals surface area contributed by atoms with E-state index >= 15 is 0 Å². The van der Waals surface area contributed by atoms with Crippen LogP contribution in [0.2, 0.25) is 0 Å².